The maximum atomic E-state index is 5.85. The average molecular weight is 245 g/mol. The van der Waals surface area contributed by atoms with Gasteiger partial charge in [0.15, 0.2) is 8.32 Å². The van der Waals surface area contributed by atoms with E-state index < -0.39 is 8.32 Å². The Morgan fingerprint density at radius 1 is 0.938 bits per heavy atom. The van der Waals surface area contributed by atoms with Gasteiger partial charge in [0.1, 0.15) is 0 Å². The Hall–Kier alpha value is 0.137. The maximum absolute atomic E-state index is 5.85. The first kappa shape index (κ1) is 16.1. The van der Waals surface area contributed by atoms with Gasteiger partial charge in [-0.2, -0.15) is 0 Å². The van der Waals surface area contributed by atoms with E-state index >= 15 is 0 Å². The van der Waals surface area contributed by atoms with E-state index in [1.807, 2.05) is 0 Å². The van der Waals surface area contributed by atoms with Crippen molar-refractivity contribution in [2.75, 3.05) is 26.2 Å². The molecule has 0 unspecified atom stereocenters. The van der Waals surface area contributed by atoms with Crippen LogP contribution in [0.2, 0.25) is 19.1 Å². The Kier molecular flexibility index (Phi) is 9.28. The van der Waals surface area contributed by atoms with Crippen LogP contribution >= 0.6 is 0 Å². The molecule has 0 fully saturated rings. The van der Waals surface area contributed by atoms with E-state index in [-0.39, 0.29) is 0 Å². The Bertz CT molecular complexity index is 156. The molecule has 3 heteroatoms. The molecule has 0 aromatic heterocycles. The van der Waals surface area contributed by atoms with Crippen molar-refractivity contribution < 1.29 is 4.43 Å². The summed E-state index contributed by atoms with van der Waals surface area (Å²) in [6, 6.07) is 1.30. The molecule has 0 aliphatic heterocycles. The van der Waals surface area contributed by atoms with Crippen LogP contribution in [0.4, 0.5) is 0 Å². The molecule has 0 aromatic carbocycles. The third-order valence-corrected chi connectivity index (χ3v) is 5.50. The van der Waals surface area contributed by atoms with Gasteiger partial charge in [0.25, 0.3) is 0 Å². The number of rotatable bonds is 10. The van der Waals surface area contributed by atoms with Crippen molar-refractivity contribution in [3.8, 4) is 0 Å². The van der Waals surface area contributed by atoms with E-state index in [4.69, 9.17) is 4.43 Å². The second kappa shape index (κ2) is 9.20. The summed E-state index contributed by atoms with van der Waals surface area (Å²) in [4.78, 5) is 2.59. The van der Waals surface area contributed by atoms with Gasteiger partial charge in [-0.15, -0.1) is 0 Å². The van der Waals surface area contributed by atoms with Gasteiger partial charge in [-0.1, -0.05) is 13.8 Å². The van der Waals surface area contributed by atoms with Crippen LogP contribution in [-0.2, 0) is 4.43 Å². The van der Waals surface area contributed by atoms with Gasteiger partial charge in [-0.05, 0) is 65.0 Å². The lowest BCUT2D eigenvalue weighted by atomic mass is 10.3. The topological polar surface area (TPSA) is 12.5 Å². The van der Waals surface area contributed by atoms with Crippen molar-refractivity contribution >= 4 is 8.32 Å². The molecule has 0 bridgehead atoms. The van der Waals surface area contributed by atoms with Crippen LogP contribution in [0.15, 0.2) is 0 Å². The first-order valence-corrected chi connectivity index (χ1v) is 10.0. The molecule has 0 aliphatic carbocycles. The van der Waals surface area contributed by atoms with Gasteiger partial charge in [-0.25, -0.2) is 0 Å². The lowest BCUT2D eigenvalue weighted by molar-refractivity contribution is 0.270. The molecule has 0 aromatic rings. The summed E-state index contributed by atoms with van der Waals surface area (Å²) in [7, 11) is -1.34. The van der Waals surface area contributed by atoms with Crippen LogP contribution in [0.25, 0.3) is 0 Å². The molecular formula is C13H31NOSi. The molecule has 0 radical (unpaired) electrons. The largest absolute Gasteiger partial charge is 0.418 e. The minimum absolute atomic E-state index is 0.882. The normalized spacial score (nSPS) is 12.4. The minimum atomic E-state index is -1.34. The monoisotopic (exact) mass is 245 g/mol. The summed E-state index contributed by atoms with van der Waals surface area (Å²) in [6.07, 6.45) is 3.85. The fourth-order valence-corrected chi connectivity index (χ4v) is 4.09. The van der Waals surface area contributed by atoms with Crippen LogP contribution in [0, 0.1) is 0 Å². The van der Waals surface area contributed by atoms with E-state index in [0.29, 0.717) is 0 Å². The highest BCUT2D eigenvalue weighted by molar-refractivity contribution is 6.71. The summed E-state index contributed by atoms with van der Waals surface area (Å²) >= 11 is 0. The molecule has 0 saturated heterocycles. The molecule has 16 heavy (non-hydrogen) atoms. The fraction of sp³-hybridized carbons (Fsp3) is 1.00. The molecule has 98 valence electrons. The highest BCUT2D eigenvalue weighted by Crippen LogP contribution is 2.14. The van der Waals surface area contributed by atoms with Gasteiger partial charge >= 0.3 is 0 Å². The van der Waals surface area contributed by atoms with Gasteiger partial charge < -0.3 is 9.33 Å². The van der Waals surface area contributed by atoms with Gasteiger partial charge in [-0.3, -0.25) is 0 Å². The van der Waals surface area contributed by atoms with Crippen LogP contribution < -0.4 is 0 Å². The van der Waals surface area contributed by atoms with E-state index in [1.165, 1.54) is 44.9 Å². The maximum Gasteiger partial charge on any atom is 0.186 e. The fourth-order valence-electron chi connectivity index (χ4n) is 2.16. The zero-order valence-corrected chi connectivity index (χ0v) is 13.0. The lowest BCUT2D eigenvalue weighted by Crippen LogP contribution is -2.33. The molecular weight excluding hydrogens is 214 g/mol. The summed E-state index contributed by atoms with van der Waals surface area (Å²) in [5, 5.41) is 0. The Morgan fingerprint density at radius 3 is 1.94 bits per heavy atom. The second-order valence-electron chi connectivity index (χ2n) is 5.14. The van der Waals surface area contributed by atoms with Gasteiger partial charge in [0, 0.05) is 6.61 Å². The molecule has 0 amide bonds. The zero-order valence-electron chi connectivity index (χ0n) is 12.0. The molecule has 0 saturated carbocycles. The minimum Gasteiger partial charge on any atom is -0.418 e. The van der Waals surface area contributed by atoms with Crippen molar-refractivity contribution in [1.82, 2.24) is 4.90 Å². The molecule has 0 spiro atoms. The summed E-state index contributed by atoms with van der Waals surface area (Å²) in [6.45, 7) is 16.0. The predicted molar refractivity (Wildman–Crippen MR) is 75.6 cm³/mol. The summed E-state index contributed by atoms with van der Waals surface area (Å²) < 4.78 is 5.85. The van der Waals surface area contributed by atoms with E-state index in [1.54, 1.807) is 0 Å². The quantitative estimate of drug-likeness (QED) is 0.544. The number of nitrogens with zero attached hydrogens (tertiary/aromatic N) is 1. The van der Waals surface area contributed by atoms with Crippen molar-refractivity contribution in [2.24, 2.45) is 0 Å². The van der Waals surface area contributed by atoms with E-state index in [0.717, 1.165) is 6.61 Å². The number of hydrogen-bond donors (Lipinski definition) is 0. The van der Waals surface area contributed by atoms with Crippen molar-refractivity contribution in [1.29, 1.82) is 0 Å². The first-order chi connectivity index (χ1) is 7.55. The van der Waals surface area contributed by atoms with E-state index in [9.17, 15) is 0 Å². The molecule has 0 N–H and O–H groups in total. The molecule has 2 nitrogen and oxygen atoms in total. The zero-order chi connectivity index (χ0) is 12.4. The Balaban J connectivity index is 3.75. The van der Waals surface area contributed by atoms with Crippen LogP contribution in [0.1, 0.15) is 40.0 Å². The molecule has 0 rings (SSSR count). The Morgan fingerprint density at radius 2 is 1.50 bits per heavy atom. The SMILES string of the molecule is CCCN(CCC)CCC[Si](C)(C)OCC. The van der Waals surface area contributed by atoms with Gasteiger partial charge in [0.2, 0.25) is 0 Å². The van der Waals surface area contributed by atoms with Crippen molar-refractivity contribution in [3.63, 3.8) is 0 Å². The molecule has 0 atom stereocenters. The third kappa shape index (κ3) is 8.31. The average Bonchev–Trinajstić information content (AvgIpc) is 2.18. The highest BCUT2D eigenvalue weighted by atomic mass is 28.4. The first-order valence-electron chi connectivity index (χ1n) is 6.92. The highest BCUT2D eigenvalue weighted by Gasteiger charge is 2.21. The van der Waals surface area contributed by atoms with Crippen molar-refractivity contribution in [3.05, 3.63) is 0 Å². The van der Waals surface area contributed by atoms with Crippen LogP contribution in [-0.4, -0.2) is 39.5 Å². The smallest absolute Gasteiger partial charge is 0.186 e. The Labute approximate surface area is 103 Å². The van der Waals surface area contributed by atoms with Gasteiger partial charge in [0.05, 0.1) is 0 Å². The molecule has 0 heterocycles. The molecule has 0 aliphatic rings. The summed E-state index contributed by atoms with van der Waals surface area (Å²) in [5.74, 6) is 0. The summed E-state index contributed by atoms with van der Waals surface area (Å²) in [5.41, 5.74) is 0. The lowest BCUT2D eigenvalue weighted by Gasteiger charge is -2.25. The van der Waals surface area contributed by atoms with E-state index in [2.05, 4.69) is 38.8 Å². The standard InChI is InChI=1S/C13H31NOSi/c1-6-10-14(11-7-2)12-9-13-16(4,5)15-8-3/h6-13H2,1-5H3. The van der Waals surface area contributed by atoms with Crippen molar-refractivity contribution in [2.45, 2.75) is 59.2 Å². The van der Waals surface area contributed by atoms with Crippen LogP contribution in [0.3, 0.4) is 0 Å². The second-order valence-corrected chi connectivity index (χ2v) is 9.45. The van der Waals surface area contributed by atoms with Crippen LogP contribution in [0.5, 0.6) is 0 Å². The number of hydrogen-bond acceptors (Lipinski definition) is 2. The predicted octanol–water partition coefficient (Wildman–Crippen LogP) is 3.74. The third-order valence-electron chi connectivity index (χ3n) is 2.87.